The maximum absolute atomic E-state index is 10.7. The molecule has 0 amide bonds. The Bertz CT molecular complexity index is 277. The van der Waals surface area contributed by atoms with Crippen molar-refractivity contribution in [2.45, 2.75) is 45.1 Å². The number of sulfonamides is 1. The molecule has 0 aromatic heterocycles. The molecule has 1 aliphatic carbocycles. The van der Waals surface area contributed by atoms with Crippen LogP contribution in [0, 0.1) is 5.92 Å². The number of rotatable bonds is 6. The van der Waals surface area contributed by atoms with E-state index in [0.29, 0.717) is 12.5 Å². The maximum atomic E-state index is 10.7. The van der Waals surface area contributed by atoms with Crippen molar-refractivity contribution in [2.24, 2.45) is 11.1 Å². The fourth-order valence-corrected chi connectivity index (χ4v) is 2.76. The third-order valence-corrected chi connectivity index (χ3v) is 4.01. The summed E-state index contributed by atoms with van der Waals surface area (Å²) in [5.74, 6) is 0.949. The summed E-state index contributed by atoms with van der Waals surface area (Å²) in [7, 11) is -3.28. The van der Waals surface area contributed by atoms with Gasteiger partial charge in [-0.15, -0.1) is 0 Å². The first-order valence-electron chi connectivity index (χ1n) is 5.75. The Kier molecular flexibility index (Phi) is 5.02. The zero-order valence-electron chi connectivity index (χ0n) is 9.41. The fraction of sp³-hybridized carbons (Fsp3) is 1.00. The van der Waals surface area contributed by atoms with Crippen molar-refractivity contribution in [1.29, 1.82) is 0 Å². The summed E-state index contributed by atoms with van der Waals surface area (Å²) < 4.78 is 21.4. The topological polar surface area (TPSA) is 72.2 Å². The Morgan fingerprint density at radius 2 is 2.13 bits per heavy atom. The molecule has 0 radical (unpaired) electrons. The average molecular weight is 234 g/mol. The lowest BCUT2D eigenvalue weighted by Crippen LogP contribution is -2.29. The molecule has 0 aromatic rings. The molecule has 1 aliphatic rings. The van der Waals surface area contributed by atoms with Gasteiger partial charge in [0, 0.05) is 6.04 Å². The minimum Gasteiger partial charge on any atom is -0.314 e. The second-order valence-electron chi connectivity index (χ2n) is 4.46. The molecule has 90 valence electrons. The van der Waals surface area contributed by atoms with E-state index in [-0.39, 0.29) is 5.75 Å². The van der Waals surface area contributed by atoms with Crippen LogP contribution in [0.1, 0.15) is 39.0 Å². The Balaban J connectivity index is 2.07. The van der Waals surface area contributed by atoms with Gasteiger partial charge in [0.1, 0.15) is 0 Å². The Morgan fingerprint density at radius 3 is 2.67 bits per heavy atom. The van der Waals surface area contributed by atoms with Crippen LogP contribution in [0.5, 0.6) is 0 Å². The molecule has 1 rings (SSSR count). The standard InChI is InChI=1S/C10H22N2O2S/c1-2-9-4-5-10(8-9)12-6-3-7-15(11,13)14/h9-10,12H,2-8H2,1H3,(H2,11,13,14). The van der Waals surface area contributed by atoms with E-state index < -0.39 is 10.0 Å². The largest absolute Gasteiger partial charge is 0.314 e. The van der Waals surface area contributed by atoms with Crippen LogP contribution >= 0.6 is 0 Å². The predicted molar refractivity (Wildman–Crippen MR) is 62.0 cm³/mol. The molecule has 15 heavy (non-hydrogen) atoms. The Hall–Kier alpha value is -0.130. The lowest BCUT2D eigenvalue weighted by molar-refractivity contribution is 0.477. The molecule has 0 spiro atoms. The van der Waals surface area contributed by atoms with Crippen LogP contribution in [-0.4, -0.2) is 26.8 Å². The first-order valence-corrected chi connectivity index (χ1v) is 7.46. The average Bonchev–Trinajstić information content (AvgIpc) is 2.59. The predicted octanol–water partition coefficient (Wildman–Crippen LogP) is 0.833. The molecule has 0 bridgehead atoms. The second-order valence-corrected chi connectivity index (χ2v) is 6.19. The molecule has 3 N–H and O–H groups in total. The molecule has 0 aromatic carbocycles. The number of nitrogens with two attached hydrogens (primary N) is 1. The Morgan fingerprint density at radius 1 is 1.40 bits per heavy atom. The van der Waals surface area contributed by atoms with E-state index >= 15 is 0 Å². The van der Waals surface area contributed by atoms with E-state index in [1.54, 1.807) is 0 Å². The van der Waals surface area contributed by atoms with Gasteiger partial charge in [-0.3, -0.25) is 0 Å². The summed E-state index contributed by atoms with van der Waals surface area (Å²) in [6.07, 6.45) is 5.66. The van der Waals surface area contributed by atoms with Crippen LogP contribution in [-0.2, 0) is 10.0 Å². The zero-order valence-corrected chi connectivity index (χ0v) is 10.2. The van der Waals surface area contributed by atoms with Gasteiger partial charge in [-0.05, 0) is 38.1 Å². The summed E-state index contributed by atoms with van der Waals surface area (Å²) in [5.41, 5.74) is 0. The van der Waals surface area contributed by atoms with Crippen LogP contribution in [0.25, 0.3) is 0 Å². The number of hydrogen-bond donors (Lipinski definition) is 2. The van der Waals surface area contributed by atoms with Crippen molar-refractivity contribution < 1.29 is 8.42 Å². The highest BCUT2D eigenvalue weighted by atomic mass is 32.2. The molecule has 2 atom stereocenters. The van der Waals surface area contributed by atoms with E-state index in [0.717, 1.165) is 12.5 Å². The van der Waals surface area contributed by atoms with Crippen molar-refractivity contribution in [1.82, 2.24) is 5.32 Å². The minimum absolute atomic E-state index is 0.0872. The lowest BCUT2D eigenvalue weighted by atomic mass is 10.1. The quantitative estimate of drug-likeness (QED) is 0.669. The smallest absolute Gasteiger partial charge is 0.209 e. The van der Waals surface area contributed by atoms with Crippen LogP contribution in [0.4, 0.5) is 0 Å². The lowest BCUT2D eigenvalue weighted by Gasteiger charge is -2.12. The van der Waals surface area contributed by atoms with Gasteiger partial charge < -0.3 is 5.32 Å². The van der Waals surface area contributed by atoms with Gasteiger partial charge in [-0.2, -0.15) is 0 Å². The molecule has 4 nitrogen and oxygen atoms in total. The van der Waals surface area contributed by atoms with Crippen LogP contribution in [0.15, 0.2) is 0 Å². The van der Waals surface area contributed by atoms with Gasteiger partial charge in [0.2, 0.25) is 10.0 Å². The number of primary sulfonamides is 1. The van der Waals surface area contributed by atoms with E-state index in [1.807, 2.05) is 0 Å². The SMILES string of the molecule is CCC1CCC(NCCCS(N)(=O)=O)C1. The van der Waals surface area contributed by atoms with Gasteiger partial charge >= 0.3 is 0 Å². The van der Waals surface area contributed by atoms with E-state index in [1.165, 1.54) is 25.7 Å². The summed E-state index contributed by atoms with van der Waals surface area (Å²) >= 11 is 0. The van der Waals surface area contributed by atoms with Crippen LogP contribution < -0.4 is 10.5 Å². The van der Waals surface area contributed by atoms with Crippen LogP contribution in [0.3, 0.4) is 0 Å². The second kappa shape index (κ2) is 5.82. The van der Waals surface area contributed by atoms with E-state index in [9.17, 15) is 8.42 Å². The van der Waals surface area contributed by atoms with Crippen molar-refractivity contribution in [3.05, 3.63) is 0 Å². The van der Waals surface area contributed by atoms with Crippen molar-refractivity contribution in [2.75, 3.05) is 12.3 Å². The summed E-state index contributed by atoms with van der Waals surface area (Å²) in [4.78, 5) is 0. The number of hydrogen-bond acceptors (Lipinski definition) is 3. The third-order valence-electron chi connectivity index (χ3n) is 3.16. The molecule has 1 saturated carbocycles. The van der Waals surface area contributed by atoms with Gasteiger partial charge in [-0.1, -0.05) is 13.3 Å². The number of nitrogens with one attached hydrogen (secondary N) is 1. The van der Waals surface area contributed by atoms with E-state index in [2.05, 4.69) is 12.2 Å². The van der Waals surface area contributed by atoms with Crippen molar-refractivity contribution in [3.63, 3.8) is 0 Å². The monoisotopic (exact) mass is 234 g/mol. The first kappa shape index (κ1) is 12.9. The maximum Gasteiger partial charge on any atom is 0.209 e. The van der Waals surface area contributed by atoms with Gasteiger partial charge in [0.05, 0.1) is 5.75 Å². The molecule has 5 heteroatoms. The molecule has 2 unspecified atom stereocenters. The molecule has 0 saturated heterocycles. The van der Waals surface area contributed by atoms with Crippen molar-refractivity contribution >= 4 is 10.0 Å². The summed E-state index contributed by atoms with van der Waals surface area (Å²) in [5, 5.41) is 8.32. The third kappa shape index (κ3) is 5.49. The Labute approximate surface area is 92.7 Å². The van der Waals surface area contributed by atoms with Crippen LogP contribution in [0.2, 0.25) is 0 Å². The highest BCUT2D eigenvalue weighted by Gasteiger charge is 2.22. The first-order chi connectivity index (χ1) is 7.01. The molecular weight excluding hydrogens is 212 g/mol. The molecule has 0 aliphatic heterocycles. The highest BCUT2D eigenvalue weighted by Crippen LogP contribution is 2.27. The highest BCUT2D eigenvalue weighted by molar-refractivity contribution is 7.89. The van der Waals surface area contributed by atoms with Gasteiger partial charge in [0.25, 0.3) is 0 Å². The van der Waals surface area contributed by atoms with Crippen molar-refractivity contribution in [3.8, 4) is 0 Å². The minimum atomic E-state index is -3.28. The van der Waals surface area contributed by atoms with Gasteiger partial charge in [-0.25, -0.2) is 13.6 Å². The normalized spacial score (nSPS) is 27.1. The van der Waals surface area contributed by atoms with Gasteiger partial charge in [0.15, 0.2) is 0 Å². The van der Waals surface area contributed by atoms with E-state index in [4.69, 9.17) is 5.14 Å². The molecular formula is C10H22N2O2S. The summed E-state index contributed by atoms with van der Waals surface area (Å²) in [6.45, 7) is 2.99. The zero-order chi connectivity index (χ0) is 11.3. The summed E-state index contributed by atoms with van der Waals surface area (Å²) in [6, 6.07) is 0.593. The fourth-order valence-electron chi connectivity index (χ4n) is 2.21. The molecule has 0 heterocycles. The molecule has 1 fully saturated rings.